The minimum Gasteiger partial charge on any atom is -0.306 e. The van der Waals surface area contributed by atoms with E-state index in [9.17, 15) is 4.39 Å². The minimum atomic E-state index is -0.168. The van der Waals surface area contributed by atoms with Gasteiger partial charge in [-0.05, 0) is 62.0 Å². The van der Waals surface area contributed by atoms with Gasteiger partial charge in [0, 0.05) is 12.1 Å². The molecule has 3 rings (SSSR count). The molecule has 23 heavy (non-hydrogen) atoms. The second-order valence-corrected chi connectivity index (χ2v) is 6.66. The Morgan fingerprint density at radius 2 is 2.00 bits per heavy atom. The first-order valence-corrected chi connectivity index (χ1v) is 8.29. The van der Waals surface area contributed by atoms with E-state index in [-0.39, 0.29) is 5.82 Å². The molecule has 2 heteroatoms. The van der Waals surface area contributed by atoms with Gasteiger partial charge in [0.05, 0.1) is 0 Å². The third kappa shape index (κ3) is 3.37. The van der Waals surface area contributed by atoms with Crippen LogP contribution in [0.2, 0.25) is 0 Å². The van der Waals surface area contributed by atoms with E-state index in [1.165, 1.54) is 6.42 Å². The molecule has 1 aliphatic rings. The van der Waals surface area contributed by atoms with Crippen molar-refractivity contribution in [2.45, 2.75) is 19.8 Å². The first kappa shape index (κ1) is 15.9. The fourth-order valence-corrected chi connectivity index (χ4v) is 3.56. The number of rotatable bonds is 3. The Bertz CT molecular complexity index is 720. The fourth-order valence-electron chi connectivity index (χ4n) is 3.56. The van der Waals surface area contributed by atoms with Crippen molar-refractivity contribution in [3.05, 3.63) is 66.0 Å². The summed E-state index contributed by atoms with van der Waals surface area (Å²) >= 11 is 0. The lowest BCUT2D eigenvalue weighted by Crippen LogP contribution is -2.32. The average Bonchev–Trinajstić information content (AvgIpc) is 2.54. The lowest BCUT2D eigenvalue weighted by atomic mass is 9.84. The van der Waals surface area contributed by atoms with Crippen molar-refractivity contribution in [2.75, 3.05) is 20.1 Å². The Balaban J connectivity index is 2.03. The van der Waals surface area contributed by atoms with E-state index in [0.717, 1.165) is 41.8 Å². The van der Waals surface area contributed by atoms with E-state index in [1.807, 2.05) is 37.3 Å². The highest BCUT2D eigenvalue weighted by Crippen LogP contribution is 2.36. The molecule has 0 aliphatic carbocycles. The van der Waals surface area contributed by atoms with Crippen molar-refractivity contribution in [3.63, 3.8) is 0 Å². The van der Waals surface area contributed by atoms with Crippen molar-refractivity contribution in [3.8, 4) is 11.1 Å². The second kappa shape index (κ2) is 6.67. The van der Waals surface area contributed by atoms with Gasteiger partial charge >= 0.3 is 0 Å². The molecule has 1 atom stereocenters. The molecule has 0 N–H and O–H groups in total. The molecule has 1 aliphatic heterocycles. The molecule has 1 fully saturated rings. The number of benzene rings is 2. The van der Waals surface area contributed by atoms with Gasteiger partial charge < -0.3 is 4.90 Å². The molecule has 1 saturated heterocycles. The van der Waals surface area contributed by atoms with Crippen LogP contribution in [0.3, 0.4) is 0 Å². The molecule has 2 aromatic carbocycles. The maximum atomic E-state index is 14.6. The molecule has 0 saturated carbocycles. The number of hydrogen-bond acceptors (Lipinski definition) is 1. The van der Waals surface area contributed by atoms with Crippen LogP contribution in [-0.2, 0) is 0 Å². The van der Waals surface area contributed by atoms with Gasteiger partial charge in [0.1, 0.15) is 5.82 Å². The van der Waals surface area contributed by atoms with E-state index in [2.05, 4.69) is 18.5 Å². The molecule has 0 amide bonds. The number of likely N-dealkylation sites (tertiary alicyclic amines) is 1. The van der Waals surface area contributed by atoms with Crippen LogP contribution in [0.5, 0.6) is 0 Å². The molecule has 0 bridgehead atoms. The fraction of sp³-hybridized carbons (Fsp3) is 0.333. The van der Waals surface area contributed by atoms with Gasteiger partial charge in [-0.25, -0.2) is 4.39 Å². The number of aryl methyl sites for hydroxylation is 1. The average molecular weight is 309 g/mol. The summed E-state index contributed by atoms with van der Waals surface area (Å²) in [4.78, 5) is 2.34. The molecule has 0 spiro atoms. The Labute approximate surface area is 138 Å². The zero-order valence-corrected chi connectivity index (χ0v) is 14.0. The zero-order chi connectivity index (χ0) is 16.4. The Morgan fingerprint density at radius 3 is 2.74 bits per heavy atom. The monoisotopic (exact) mass is 309 g/mol. The predicted molar refractivity (Wildman–Crippen MR) is 95.8 cm³/mol. The van der Waals surface area contributed by atoms with Gasteiger partial charge in [-0.15, -0.1) is 0 Å². The van der Waals surface area contributed by atoms with Crippen LogP contribution in [0, 0.1) is 18.7 Å². The minimum absolute atomic E-state index is 0.168. The van der Waals surface area contributed by atoms with Crippen molar-refractivity contribution in [1.82, 2.24) is 4.90 Å². The van der Waals surface area contributed by atoms with Crippen LogP contribution in [0.25, 0.3) is 16.7 Å². The van der Waals surface area contributed by atoms with Crippen LogP contribution in [-0.4, -0.2) is 25.0 Å². The summed E-state index contributed by atoms with van der Waals surface area (Å²) in [5, 5.41) is 0. The molecule has 1 nitrogen and oxygen atoms in total. The van der Waals surface area contributed by atoms with Gasteiger partial charge in [0.25, 0.3) is 0 Å². The lowest BCUT2D eigenvalue weighted by Gasteiger charge is -2.31. The molecule has 120 valence electrons. The molecule has 0 radical (unpaired) electrons. The molecule has 1 heterocycles. The normalized spacial score (nSPS) is 18.8. The van der Waals surface area contributed by atoms with Gasteiger partial charge in [0.15, 0.2) is 0 Å². The standard InChI is InChI=1S/C21H24FN/c1-15-7-4-8-17(13-15)21-19(10-5-11-20(21)22)16(2)18-9-6-12-23(3)14-18/h4-5,7-8,10-11,13,18H,2,6,9,12,14H2,1,3H3. The Kier molecular flexibility index (Phi) is 4.63. The predicted octanol–water partition coefficient (Wildman–Crippen LogP) is 5.16. The number of piperidine rings is 1. The number of halogens is 1. The van der Waals surface area contributed by atoms with Crippen molar-refractivity contribution >= 4 is 5.57 Å². The van der Waals surface area contributed by atoms with Crippen LogP contribution in [0.1, 0.15) is 24.0 Å². The zero-order valence-electron chi connectivity index (χ0n) is 14.0. The summed E-state index contributed by atoms with van der Waals surface area (Å²) in [7, 11) is 2.15. The lowest BCUT2D eigenvalue weighted by molar-refractivity contribution is 0.242. The van der Waals surface area contributed by atoms with E-state index < -0.39 is 0 Å². The summed E-state index contributed by atoms with van der Waals surface area (Å²) in [6.45, 7) is 8.52. The second-order valence-electron chi connectivity index (χ2n) is 6.66. The maximum absolute atomic E-state index is 14.6. The van der Waals surface area contributed by atoms with Crippen LogP contribution < -0.4 is 0 Å². The number of nitrogens with zero attached hydrogens (tertiary/aromatic N) is 1. The Morgan fingerprint density at radius 1 is 1.22 bits per heavy atom. The highest BCUT2D eigenvalue weighted by Gasteiger charge is 2.23. The van der Waals surface area contributed by atoms with Gasteiger partial charge in [0.2, 0.25) is 0 Å². The first-order valence-electron chi connectivity index (χ1n) is 8.29. The summed E-state index contributed by atoms with van der Waals surface area (Å²) in [6, 6.07) is 13.4. The van der Waals surface area contributed by atoms with Gasteiger partial charge in [-0.2, -0.15) is 0 Å². The van der Waals surface area contributed by atoms with Crippen molar-refractivity contribution in [2.24, 2.45) is 5.92 Å². The molecular formula is C21H24FN. The largest absolute Gasteiger partial charge is 0.306 e. The van der Waals surface area contributed by atoms with E-state index >= 15 is 0 Å². The quantitative estimate of drug-likeness (QED) is 0.757. The third-order valence-corrected chi connectivity index (χ3v) is 4.78. The van der Waals surface area contributed by atoms with Crippen molar-refractivity contribution < 1.29 is 4.39 Å². The summed E-state index contributed by atoms with van der Waals surface area (Å²) in [6.07, 6.45) is 2.31. The summed E-state index contributed by atoms with van der Waals surface area (Å²) in [5.74, 6) is 0.234. The third-order valence-electron chi connectivity index (χ3n) is 4.78. The highest BCUT2D eigenvalue weighted by atomic mass is 19.1. The molecule has 0 aromatic heterocycles. The topological polar surface area (TPSA) is 3.24 Å². The van der Waals surface area contributed by atoms with E-state index in [4.69, 9.17) is 0 Å². The molecule has 1 unspecified atom stereocenters. The van der Waals surface area contributed by atoms with Gasteiger partial charge in [-0.3, -0.25) is 0 Å². The first-order chi connectivity index (χ1) is 11.1. The summed E-state index contributed by atoms with van der Waals surface area (Å²) < 4.78 is 14.6. The smallest absolute Gasteiger partial charge is 0.131 e. The van der Waals surface area contributed by atoms with Crippen LogP contribution >= 0.6 is 0 Å². The molecule has 2 aromatic rings. The van der Waals surface area contributed by atoms with Gasteiger partial charge in [-0.1, -0.05) is 48.5 Å². The number of hydrogen-bond donors (Lipinski definition) is 0. The van der Waals surface area contributed by atoms with Crippen LogP contribution in [0.4, 0.5) is 4.39 Å². The van der Waals surface area contributed by atoms with Crippen molar-refractivity contribution in [1.29, 1.82) is 0 Å². The maximum Gasteiger partial charge on any atom is 0.131 e. The Hall–Kier alpha value is -1.93. The highest BCUT2D eigenvalue weighted by molar-refractivity contribution is 5.82. The SMILES string of the molecule is C=C(c1cccc(F)c1-c1cccc(C)c1)C1CCCN(C)C1. The van der Waals surface area contributed by atoms with E-state index in [0.29, 0.717) is 11.5 Å². The summed E-state index contributed by atoms with van der Waals surface area (Å²) in [5.41, 5.74) is 4.78. The molecular weight excluding hydrogens is 285 g/mol. The van der Waals surface area contributed by atoms with Crippen LogP contribution in [0.15, 0.2) is 49.0 Å². The van der Waals surface area contributed by atoms with E-state index in [1.54, 1.807) is 12.1 Å².